The van der Waals surface area contributed by atoms with E-state index in [4.69, 9.17) is 12.3 Å². The van der Waals surface area contributed by atoms with Gasteiger partial charge in [-0.2, -0.15) is 10.2 Å². The molecule has 0 fully saturated rings. The van der Waals surface area contributed by atoms with Crippen LogP contribution >= 0.6 is 0 Å². The molecule has 7 nitrogen and oxygen atoms in total. The van der Waals surface area contributed by atoms with Crippen LogP contribution in [0, 0.1) is 13.5 Å². The summed E-state index contributed by atoms with van der Waals surface area (Å²) < 4.78 is 1.77. The van der Waals surface area contributed by atoms with Crippen LogP contribution in [0.5, 0.6) is 0 Å². The van der Waals surface area contributed by atoms with Gasteiger partial charge < -0.3 is 5.73 Å². The Hall–Kier alpha value is -3.76. The van der Waals surface area contributed by atoms with Crippen molar-refractivity contribution in [1.29, 1.82) is 0 Å². The van der Waals surface area contributed by atoms with Crippen LogP contribution in [-0.4, -0.2) is 20.0 Å². The van der Waals surface area contributed by atoms with E-state index in [2.05, 4.69) is 20.1 Å². The molecule has 0 aliphatic carbocycles. The van der Waals surface area contributed by atoms with Gasteiger partial charge in [0.15, 0.2) is 5.69 Å². The van der Waals surface area contributed by atoms with E-state index in [1.165, 1.54) is 0 Å². The van der Waals surface area contributed by atoms with Gasteiger partial charge in [-0.3, -0.25) is 9.48 Å². The Morgan fingerprint density at radius 2 is 2.04 bits per heavy atom. The molecular formula is C21H18N6O. The van der Waals surface area contributed by atoms with Crippen molar-refractivity contribution in [2.24, 2.45) is 12.8 Å². The zero-order valence-electron chi connectivity index (χ0n) is 15.5. The third kappa shape index (κ3) is 2.68. The number of benzene rings is 2. The Balaban J connectivity index is 2.00. The van der Waals surface area contributed by atoms with E-state index < -0.39 is 0 Å². The molecule has 0 atom stereocenters. The van der Waals surface area contributed by atoms with E-state index in [0.717, 1.165) is 27.9 Å². The third-order valence-electron chi connectivity index (χ3n) is 4.92. The first-order chi connectivity index (χ1) is 13.5. The van der Waals surface area contributed by atoms with Crippen LogP contribution in [0.4, 0.5) is 5.69 Å². The van der Waals surface area contributed by atoms with Crippen molar-refractivity contribution in [2.75, 3.05) is 0 Å². The highest BCUT2D eigenvalue weighted by Gasteiger charge is 2.18. The summed E-state index contributed by atoms with van der Waals surface area (Å²) in [5.41, 5.74) is 11.1. The molecule has 0 saturated carbocycles. The fourth-order valence-electron chi connectivity index (χ4n) is 3.51. The second kappa shape index (κ2) is 6.76. The average Bonchev–Trinajstić information content (AvgIpc) is 3.09. The summed E-state index contributed by atoms with van der Waals surface area (Å²) >= 11 is 0. The summed E-state index contributed by atoms with van der Waals surface area (Å²) in [6, 6.07) is 11.4. The van der Waals surface area contributed by atoms with Gasteiger partial charge >= 0.3 is 0 Å². The van der Waals surface area contributed by atoms with Gasteiger partial charge in [-0.25, -0.2) is 9.94 Å². The molecule has 0 aliphatic rings. The standard InChI is InChI=1S/C21H18N6O/c1-12-5-4-6-15(19(12)23-2)20-17(11-24-27(20)3)13-7-8-14-16(9-13)18(10-22)25-26-21(14)28/h4-9,11H,10,22H2,1,3H3,(H,26,28). The highest BCUT2D eigenvalue weighted by molar-refractivity contribution is 5.93. The number of nitrogens with zero attached hydrogens (tertiary/aromatic N) is 4. The Kier molecular flexibility index (Phi) is 4.26. The number of para-hydroxylation sites is 1. The van der Waals surface area contributed by atoms with Crippen LogP contribution in [0.1, 0.15) is 11.3 Å². The van der Waals surface area contributed by atoms with Crippen LogP contribution in [0.15, 0.2) is 47.4 Å². The maximum atomic E-state index is 12.1. The molecule has 0 amide bonds. The zero-order valence-corrected chi connectivity index (χ0v) is 15.5. The molecule has 2 aromatic carbocycles. The molecule has 0 spiro atoms. The monoisotopic (exact) mass is 370 g/mol. The van der Waals surface area contributed by atoms with Crippen LogP contribution in [0.2, 0.25) is 0 Å². The topological polar surface area (TPSA) is 93.9 Å². The van der Waals surface area contributed by atoms with E-state index in [1.807, 2.05) is 44.3 Å². The average molecular weight is 370 g/mol. The number of fused-ring (bicyclic) bond motifs is 1. The van der Waals surface area contributed by atoms with Crippen LogP contribution in [0.25, 0.3) is 38.0 Å². The third-order valence-corrected chi connectivity index (χ3v) is 4.92. The lowest BCUT2D eigenvalue weighted by Gasteiger charge is -2.11. The first-order valence-corrected chi connectivity index (χ1v) is 8.76. The lowest BCUT2D eigenvalue weighted by atomic mass is 9.97. The minimum absolute atomic E-state index is 0.219. The molecule has 0 saturated heterocycles. The van der Waals surface area contributed by atoms with E-state index in [-0.39, 0.29) is 12.1 Å². The van der Waals surface area contributed by atoms with Crippen molar-refractivity contribution in [3.63, 3.8) is 0 Å². The molecule has 4 aromatic rings. The smallest absolute Gasteiger partial charge is 0.272 e. The second-order valence-corrected chi connectivity index (χ2v) is 6.58. The number of hydrogen-bond donors (Lipinski definition) is 2. The van der Waals surface area contributed by atoms with Gasteiger partial charge in [-0.1, -0.05) is 24.3 Å². The summed E-state index contributed by atoms with van der Waals surface area (Å²) in [5.74, 6) is 0. The Morgan fingerprint density at radius 1 is 1.21 bits per heavy atom. The number of hydrogen-bond acceptors (Lipinski definition) is 4. The molecule has 0 aliphatic heterocycles. The molecule has 4 rings (SSSR count). The SMILES string of the molecule is [C-]#[N+]c1c(C)cccc1-c1c(-c2ccc3c(=O)[nH]nc(CN)c3c2)cnn1C. The molecule has 3 N–H and O–H groups in total. The van der Waals surface area contributed by atoms with Crippen molar-refractivity contribution in [3.8, 4) is 22.4 Å². The van der Waals surface area contributed by atoms with Crippen LogP contribution in [-0.2, 0) is 13.6 Å². The first kappa shape index (κ1) is 17.6. The molecule has 28 heavy (non-hydrogen) atoms. The number of nitrogens with one attached hydrogen (secondary N) is 1. The van der Waals surface area contributed by atoms with Gasteiger partial charge in [0, 0.05) is 30.1 Å². The van der Waals surface area contributed by atoms with Crippen molar-refractivity contribution >= 4 is 16.5 Å². The Labute approximate surface area is 161 Å². The number of rotatable bonds is 3. The number of aryl methyl sites for hydroxylation is 2. The van der Waals surface area contributed by atoms with Gasteiger partial charge in [-0.15, -0.1) is 0 Å². The van der Waals surface area contributed by atoms with Crippen molar-refractivity contribution in [2.45, 2.75) is 13.5 Å². The predicted molar refractivity (Wildman–Crippen MR) is 109 cm³/mol. The molecule has 2 aromatic heterocycles. The van der Waals surface area contributed by atoms with Crippen molar-refractivity contribution in [3.05, 3.63) is 75.6 Å². The molecule has 0 bridgehead atoms. The molecule has 7 heteroatoms. The minimum Gasteiger partial charge on any atom is -0.325 e. The maximum absolute atomic E-state index is 12.1. The number of nitrogens with two attached hydrogens (primary N) is 1. The number of aromatic nitrogens is 4. The normalized spacial score (nSPS) is 10.9. The molecule has 0 radical (unpaired) electrons. The van der Waals surface area contributed by atoms with Gasteiger partial charge in [-0.05, 0) is 30.2 Å². The molecule has 138 valence electrons. The van der Waals surface area contributed by atoms with E-state index in [0.29, 0.717) is 22.2 Å². The number of H-pyrrole nitrogens is 1. The van der Waals surface area contributed by atoms with Gasteiger partial charge in [0.1, 0.15) is 0 Å². The summed E-state index contributed by atoms with van der Waals surface area (Å²) in [4.78, 5) is 15.8. The van der Waals surface area contributed by atoms with E-state index in [1.54, 1.807) is 16.9 Å². The lowest BCUT2D eigenvalue weighted by molar-refractivity contribution is 0.776. The lowest BCUT2D eigenvalue weighted by Crippen LogP contribution is -2.13. The van der Waals surface area contributed by atoms with Crippen LogP contribution < -0.4 is 11.3 Å². The number of aromatic amines is 1. The minimum atomic E-state index is -0.251. The quantitative estimate of drug-likeness (QED) is 0.541. The predicted octanol–water partition coefficient (Wildman–Crippen LogP) is 3.31. The summed E-state index contributed by atoms with van der Waals surface area (Å²) in [6.45, 7) is 9.74. The Bertz CT molecular complexity index is 1310. The van der Waals surface area contributed by atoms with Crippen molar-refractivity contribution < 1.29 is 0 Å². The fourth-order valence-corrected chi connectivity index (χ4v) is 3.51. The van der Waals surface area contributed by atoms with E-state index >= 15 is 0 Å². The summed E-state index contributed by atoms with van der Waals surface area (Å²) in [5, 5.41) is 12.2. The van der Waals surface area contributed by atoms with Gasteiger partial charge in [0.2, 0.25) is 0 Å². The fraction of sp³-hybridized carbons (Fsp3) is 0.143. The summed E-state index contributed by atoms with van der Waals surface area (Å²) in [6.07, 6.45) is 1.77. The first-order valence-electron chi connectivity index (χ1n) is 8.76. The van der Waals surface area contributed by atoms with E-state index in [9.17, 15) is 4.79 Å². The van der Waals surface area contributed by atoms with Gasteiger partial charge in [0.05, 0.1) is 29.5 Å². The second-order valence-electron chi connectivity index (χ2n) is 6.58. The molecule has 2 heterocycles. The highest BCUT2D eigenvalue weighted by Crippen LogP contribution is 2.39. The highest BCUT2D eigenvalue weighted by atomic mass is 16.1. The Morgan fingerprint density at radius 3 is 2.79 bits per heavy atom. The largest absolute Gasteiger partial charge is 0.325 e. The van der Waals surface area contributed by atoms with Crippen molar-refractivity contribution in [1.82, 2.24) is 20.0 Å². The molecule has 0 unspecified atom stereocenters. The van der Waals surface area contributed by atoms with Crippen LogP contribution in [0.3, 0.4) is 0 Å². The maximum Gasteiger partial charge on any atom is 0.272 e. The summed E-state index contributed by atoms with van der Waals surface area (Å²) in [7, 11) is 1.85. The zero-order chi connectivity index (χ0) is 19.8. The van der Waals surface area contributed by atoms with Gasteiger partial charge in [0.25, 0.3) is 5.56 Å². The molecular weight excluding hydrogens is 352 g/mol.